The summed E-state index contributed by atoms with van der Waals surface area (Å²) in [6.45, 7) is 1.71. The maximum absolute atomic E-state index is 12.5. The Labute approximate surface area is 143 Å². The Bertz CT molecular complexity index is 786. The Hall–Kier alpha value is -3.23. The second kappa shape index (κ2) is 8.04. The average molecular weight is 346 g/mol. The van der Waals surface area contributed by atoms with E-state index in [0.717, 1.165) is 11.1 Å². The molecule has 1 aromatic heterocycles. The molecule has 0 saturated heterocycles. The van der Waals surface area contributed by atoms with E-state index in [1.165, 1.54) is 29.0 Å². The second-order valence-electron chi connectivity index (χ2n) is 5.38. The fourth-order valence-corrected chi connectivity index (χ4v) is 2.22. The Morgan fingerprint density at radius 1 is 1.32 bits per heavy atom. The van der Waals surface area contributed by atoms with Gasteiger partial charge in [-0.2, -0.15) is 4.68 Å². The monoisotopic (exact) mass is 346 g/mol. The molecule has 25 heavy (non-hydrogen) atoms. The molecule has 0 unspecified atom stereocenters. The molecule has 0 aliphatic heterocycles. The van der Waals surface area contributed by atoms with Crippen LogP contribution < -0.4 is 0 Å². The van der Waals surface area contributed by atoms with Crippen LogP contribution >= 0.6 is 0 Å². The highest BCUT2D eigenvalue weighted by Crippen LogP contribution is 2.12. The van der Waals surface area contributed by atoms with Gasteiger partial charge in [-0.3, -0.25) is 9.59 Å². The summed E-state index contributed by atoms with van der Waals surface area (Å²) < 4.78 is 5.81. The summed E-state index contributed by atoms with van der Waals surface area (Å²) in [4.78, 5) is 35.5. The highest BCUT2D eigenvalue weighted by atomic mass is 16.6. The molecule has 1 amide bonds. The number of methoxy groups -OCH3 is 1. The van der Waals surface area contributed by atoms with E-state index in [9.17, 15) is 19.7 Å². The smallest absolute Gasteiger partial charge is 0.389 e. The summed E-state index contributed by atoms with van der Waals surface area (Å²) in [5.74, 6) is -1.29. The standard InChI is InChI=1S/C16H18N4O5/c1-12-5-3-4-6-13(12)9-18(11-16(22)25-2)15(21)10-19-8-7-14(17-19)20(23)24/h3-8H,9-11H2,1-2H3. The third-order valence-corrected chi connectivity index (χ3v) is 3.63. The third kappa shape index (κ3) is 4.87. The highest BCUT2D eigenvalue weighted by molar-refractivity contribution is 5.81. The van der Waals surface area contributed by atoms with Crippen LogP contribution in [0.2, 0.25) is 0 Å². The Kier molecular flexibility index (Phi) is 5.83. The molecule has 1 heterocycles. The number of hydrogen-bond acceptors (Lipinski definition) is 6. The van der Waals surface area contributed by atoms with Gasteiger partial charge < -0.3 is 19.8 Å². The number of amides is 1. The predicted molar refractivity (Wildman–Crippen MR) is 87.5 cm³/mol. The van der Waals surface area contributed by atoms with Crippen molar-refractivity contribution in [3.05, 3.63) is 57.8 Å². The molecule has 1 aromatic carbocycles. The van der Waals surface area contributed by atoms with Gasteiger partial charge in [-0.25, -0.2) is 0 Å². The fraction of sp³-hybridized carbons (Fsp3) is 0.312. The van der Waals surface area contributed by atoms with Gasteiger partial charge in [0.2, 0.25) is 5.91 Å². The van der Waals surface area contributed by atoms with E-state index >= 15 is 0 Å². The van der Waals surface area contributed by atoms with Crippen LogP contribution in [-0.4, -0.2) is 45.1 Å². The van der Waals surface area contributed by atoms with Gasteiger partial charge in [0.1, 0.15) is 13.1 Å². The molecule has 0 aliphatic rings. The number of nitro groups is 1. The van der Waals surface area contributed by atoms with Crippen molar-refractivity contribution in [3.63, 3.8) is 0 Å². The number of carbonyl (C=O) groups is 2. The third-order valence-electron chi connectivity index (χ3n) is 3.63. The molecule has 2 rings (SSSR count). The topological polar surface area (TPSA) is 108 Å². The van der Waals surface area contributed by atoms with Crippen molar-refractivity contribution in [2.45, 2.75) is 20.0 Å². The minimum absolute atomic E-state index is 0.212. The van der Waals surface area contributed by atoms with E-state index < -0.39 is 16.8 Å². The molecule has 9 heteroatoms. The van der Waals surface area contributed by atoms with Crippen LogP contribution in [0.25, 0.3) is 0 Å². The highest BCUT2D eigenvalue weighted by Gasteiger charge is 2.21. The van der Waals surface area contributed by atoms with Crippen molar-refractivity contribution < 1.29 is 19.2 Å². The summed E-state index contributed by atoms with van der Waals surface area (Å²) >= 11 is 0. The number of aryl methyl sites for hydroxylation is 1. The lowest BCUT2D eigenvalue weighted by Gasteiger charge is -2.22. The zero-order valence-electron chi connectivity index (χ0n) is 13.9. The van der Waals surface area contributed by atoms with Crippen LogP contribution in [0.5, 0.6) is 0 Å². The van der Waals surface area contributed by atoms with E-state index in [0.29, 0.717) is 0 Å². The van der Waals surface area contributed by atoms with Crippen molar-refractivity contribution in [2.24, 2.45) is 0 Å². The molecule has 2 aromatic rings. The maximum Gasteiger partial charge on any atom is 0.389 e. The Morgan fingerprint density at radius 2 is 2.04 bits per heavy atom. The van der Waals surface area contributed by atoms with Gasteiger partial charge in [-0.15, -0.1) is 0 Å². The first-order valence-corrected chi connectivity index (χ1v) is 7.47. The van der Waals surface area contributed by atoms with Crippen LogP contribution in [-0.2, 0) is 27.4 Å². The molecule has 0 radical (unpaired) electrons. The number of esters is 1. The minimum Gasteiger partial charge on any atom is -0.468 e. The van der Waals surface area contributed by atoms with Crippen LogP contribution in [0.1, 0.15) is 11.1 Å². The van der Waals surface area contributed by atoms with E-state index in [1.54, 1.807) is 0 Å². The average Bonchev–Trinajstić information content (AvgIpc) is 3.04. The summed E-state index contributed by atoms with van der Waals surface area (Å²) in [6, 6.07) is 8.71. The minimum atomic E-state index is -0.638. The number of rotatable bonds is 7. The number of benzene rings is 1. The van der Waals surface area contributed by atoms with Crippen molar-refractivity contribution in [2.75, 3.05) is 13.7 Å². The van der Waals surface area contributed by atoms with Crippen LogP contribution in [0.3, 0.4) is 0 Å². The lowest BCUT2D eigenvalue weighted by molar-refractivity contribution is -0.389. The molecule has 0 N–H and O–H groups in total. The molecule has 9 nitrogen and oxygen atoms in total. The van der Waals surface area contributed by atoms with Crippen LogP contribution in [0.15, 0.2) is 36.5 Å². The number of ether oxygens (including phenoxy) is 1. The summed E-state index contributed by atoms with van der Waals surface area (Å²) in [6.07, 6.45) is 1.35. The SMILES string of the molecule is COC(=O)CN(Cc1ccccc1C)C(=O)Cn1ccc([N+](=O)[O-])n1. The van der Waals surface area contributed by atoms with E-state index in [1.807, 2.05) is 31.2 Å². The summed E-state index contributed by atoms with van der Waals surface area (Å²) in [5.41, 5.74) is 1.88. The normalized spacial score (nSPS) is 10.3. The lowest BCUT2D eigenvalue weighted by atomic mass is 10.1. The molecule has 132 valence electrons. The number of nitrogens with zero attached hydrogens (tertiary/aromatic N) is 4. The van der Waals surface area contributed by atoms with Crippen molar-refractivity contribution >= 4 is 17.7 Å². The molecule has 0 bridgehead atoms. The zero-order valence-corrected chi connectivity index (χ0v) is 13.9. The quantitative estimate of drug-likeness (QED) is 0.425. The van der Waals surface area contributed by atoms with Gasteiger partial charge in [0, 0.05) is 6.54 Å². The van der Waals surface area contributed by atoms with Gasteiger partial charge in [0.05, 0.1) is 24.5 Å². The number of aromatic nitrogens is 2. The molecule has 0 saturated carbocycles. The first-order chi connectivity index (χ1) is 11.9. The summed E-state index contributed by atoms with van der Waals surface area (Å²) in [7, 11) is 1.25. The van der Waals surface area contributed by atoms with Gasteiger partial charge >= 0.3 is 11.8 Å². The zero-order chi connectivity index (χ0) is 18.4. The van der Waals surface area contributed by atoms with Crippen molar-refractivity contribution in [3.8, 4) is 0 Å². The molecule has 0 atom stereocenters. The molecule has 0 aliphatic carbocycles. The molecule has 0 spiro atoms. The largest absolute Gasteiger partial charge is 0.468 e. The van der Waals surface area contributed by atoms with E-state index in [4.69, 9.17) is 0 Å². The van der Waals surface area contributed by atoms with Crippen LogP contribution in [0.4, 0.5) is 5.82 Å². The number of hydrogen-bond donors (Lipinski definition) is 0. The van der Waals surface area contributed by atoms with E-state index in [2.05, 4.69) is 9.84 Å². The predicted octanol–water partition coefficient (Wildman–Crippen LogP) is 1.30. The lowest BCUT2D eigenvalue weighted by Crippen LogP contribution is -2.38. The van der Waals surface area contributed by atoms with E-state index in [-0.39, 0.29) is 25.5 Å². The Morgan fingerprint density at radius 3 is 2.64 bits per heavy atom. The molecular formula is C16H18N4O5. The van der Waals surface area contributed by atoms with Gasteiger partial charge in [-0.1, -0.05) is 24.3 Å². The first kappa shape index (κ1) is 18.1. The van der Waals surface area contributed by atoms with Gasteiger partial charge in [0.15, 0.2) is 0 Å². The molecular weight excluding hydrogens is 328 g/mol. The van der Waals surface area contributed by atoms with Crippen LogP contribution in [0, 0.1) is 17.0 Å². The Balaban J connectivity index is 2.15. The fourth-order valence-electron chi connectivity index (χ4n) is 2.22. The first-order valence-electron chi connectivity index (χ1n) is 7.47. The summed E-state index contributed by atoms with van der Waals surface area (Å²) in [5, 5.41) is 14.4. The maximum atomic E-state index is 12.5. The molecule has 0 fully saturated rings. The number of carbonyl (C=O) groups excluding carboxylic acids is 2. The van der Waals surface area contributed by atoms with Gasteiger partial charge in [0.25, 0.3) is 0 Å². The van der Waals surface area contributed by atoms with Crippen molar-refractivity contribution in [1.82, 2.24) is 14.7 Å². The van der Waals surface area contributed by atoms with Crippen molar-refractivity contribution in [1.29, 1.82) is 0 Å². The van der Waals surface area contributed by atoms with Gasteiger partial charge in [-0.05, 0) is 23.0 Å². The second-order valence-corrected chi connectivity index (χ2v) is 5.38.